The van der Waals surface area contributed by atoms with Crippen LogP contribution in [-0.4, -0.2) is 69.9 Å². The molecule has 8 heteroatoms. The van der Waals surface area contributed by atoms with Crippen LogP contribution < -0.4 is 10.1 Å². The molecule has 1 N–H and O–H groups in total. The van der Waals surface area contributed by atoms with E-state index in [0.29, 0.717) is 37.0 Å². The van der Waals surface area contributed by atoms with Crippen LogP contribution in [0, 0.1) is 11.8 Å². The summed E-state index contributed by atoms with van der Waals surface area (Å²) in [7, 11) is 1.80. The van der Waals surface area contributed by atoms with Crippen molar-refractivity contribution in [3.8, 4) is 5.75 Å². The van der Waals surface area contributed by atoms with Crippen LogP contribution in [-0.2, 0) is 10.0 Å². The van der Waals surface area contributed by atoms with Crippen molar-refractivity contribution in [2.75, 3.05) is 40.8 Å². The van der Waals surface area contributed by atoms with E-state index >= 15 is 0 Å². The first-order valence-electron chi connectivity index (χ1n) is 11.2. The number of sulfonamides is 1. The van der Waals surface area contributed by atoms with Crippen molar-refractivity contribution in [3.05, 3.63) is 23.8 Å². The second-order valence-electron chi connectivity index (χ2n) is 9.64. The van der Waals surface area contributed by atoms with E-state index in [1.807, 2.05) is 0 Å². The number of hydrogen-bond donors (Lipinski definition) is 1. The van der Waals surface area contributed by atoms with E-state index in [-0.39, 0.29) is 22.1 Å². The number of nitrogens with zero attached hydrogens (tertiary/aromatic N) is 2. The van der Waals surface area contributed by atoms with E-state index in [9.17, 15) is 13.2 Å². The first kappa shape index (κ1) is 24.0. The molecule has 2 atom stereocenters. The number of carbonyl (C=O) groups is 1. The van der Waals surface area contributed by atoms with Crippen LogP contribution in [0.1, 0.15) is 56.3 Å². The molecule has 1 saturated heterocycles. The Hall–Kier alpha value is -1.64. The van der Waals surface area contributed by atoms with Gasteiger partial charge in [0.15, 0.2) is 0 Å². The second-order valence-corrected chi connectivity index (χ2v) is 11.5. The first-order valence-corrected chi connectivity index (χ1v) is 12.7. The van der Waals surface area contributed by atoms with Crippen molar-refractivity contribution < 1.29 is 17.9 Å². The summed E-state index contributed by atoms with van der Waals surface area (Å²) in [6, 6.07) is 4.67. The highest BCUT2D eigenvalue weighted by Gasteiger charge is 2.37. The van der Waals surface area contributed by atoms with Gasteiger partial charge in [-0.15, -0.1) is 0 Å². The lowest BCUT2D eigenvalue weighted by Crippen LogP contribution is -2.50. The van der Waals surface area contributed by atoms with Crippen LogP contribution in [0.4, 0.5) is 0 Å². The van der Waals surface area contributed by atoms with Gasteiger partial charge in [0.2, 0.25) is 10.0 Å². The molecule has 2 aliphatic rings. The summed E-state index contributed by atoms with van der Waals surface area (Å²) in [5, 5.41) is 3.04. The predicted octanol–water partition coefficient (Wildman–Crippen LogP) is 2.97. The maximum Gasteiger partial charge on any atom is 0.251 e. The molecular weight excluding hydrogens is 414 g/mol. The van der Waals surface area contributed by atoms with Crippen molar-refractivity contribution in [2.45, 2.75) is 56.4 Å². The number of hydrogen-bond acceptors (Lipinski definition) is 5. The summed E-state index contributed by atoms with van der Waals surface area (Å²) < 4.78 is 33.8. The summed E-state index contributed by atoms with van der Waals surface area (Å²) in [6.45, 7) is 5.66. The van der Waals surface area contributed by atoms with E-state index in [1.54, 1.807) is 12.1 Å². The fourth-order valence-electron chi connectivity index (χ4n) is 5.12. The van der Waals surface area contributed by atoms with E-state index in [2.05, 4.69) is 38.2 Å². The van der Waals surface area contributed by atoms with Gasteiger partial charge in [-0.25, -0.2) is 8.42 Å². The van der Waals surface area contributed by atoms with E-state index < -0.39 is 10.0 Å². The molecular formula is C23H37N3O4S. The molecule has 1 aliphatic heterocycles. The number of likely N-dealkylation sites (N-methyl/N-ethyl adjacent to an activating group) is 1. The number of nitrogens with one attached hydrogen (secondary N) is 1. The Morgan fingerprint density at radius 2 is 1.81 bits per heavy atom. The average molecular weight is 452 g/mol. The van der Waals surface area contributed by atoms with Crippen molar-refractivity contribution >= 4 is 15.9 Å². The summed E-state index contributed by atoms with van der Waals surface area (Å²) in [6.07, 6.45) is 5.43. The SMILES string of the molecule is COc1ccc(C(=O)NCC2(N(C)C)CCCC2)cc1S(=O)(=O)N1CC(C)CC(C)C1. The van der Waals surface area contributed by atoms with Gasteiger partial charge in [-0.05, 0) is 63.4 Å². The van der Waals surface area contributed by atoms with Gasteiger partial charge < -0.3 is 15.0 Å². The van der Waals surface area contributed by atoms with Gasteiger partial charge in [-0.1, -0.05) is 26.7 Å². The molecule has 2 unspecified atom stereocenters. The Morgan fingerprint density at radius 3 is 2.35 bits per heavy atom. The van der Waals surface area contributed by atoms with Crippen molar-refractivity contribution in [1.29, 1.82) is 0 Å². The smallest absolute Gasteiger partial charge is 0.251 e. The zero-order valence-corrected chi connectivity index (χ0v) is 20.3. The molecule has 174 valence electrons. The highest BCUT2D eigenvalue weighted by molar-refractivity contribution is 7.89. The largest absolute Gasteiger partial charge is 0.495 e. The fourth-order valence-corrected chi connectivity index (χ4v) is 6.98. The Bertz CT molecular complexity index is 884. The lowest BCUT2D eigenvalue weighted by atomic mass is 9.94. The summed E-state index contributed by atoms with van der Waals surface area (Å²) >= 11 is 0. The third-order valence-corrected chi connectivity index (χ3v) is 8.79. The Kier molecular flexibility index (Phi) is 7.33. The van der Waals surface area contributed by atoms with Crippen LogP contribution in [0.5, 0.6) is 5.75 Å². The van der Waals surface area contributed by atoms with Crippen molar-refractivity contribution in [1.82, 2.24) is 14.5 Å². The van der Waals surface area contributed by atoms with Crippen LogP contribution in [0.25, 0.3) is 0 Å². The van der Waals surface area contributed by atoms with Crippen LogP contribution in [0.2, 0.25) is 0 Å². The summed E-state index contributed by atoms with van der Waals surface area (Å²) in [5.74, 6) is 0.602. The van der Waals surface area contributed by atoms with Crippen molar-refractivity contribution in [2.24, 2.45) is 11.8 Å². The normalized spacial score (nSPS) is 24.3. The third kappa shape index (κ3) is 5.07. The standard InChI is InChI=1S/C23H37N3O4S/c1-17-12-18(2)15-26(14-17)31(28,29)21-13-19(8-9-20(21)30-5)22(27)24-16-23(25(3)4)10-6-7-11-23/h8-9,13,17-18H,6-7,10-12,14-16H2,1-5H3,(H,24,27). The third-order valence-electron chi connectivity index (χ3n) is 6.94. The molecule has 0 aromatic heterocycles. The zero-order valence-electron chi connectivity index (χ0n) is 19.5. The fraction of sp³-hybridized carbons (Fsp3) is 0.696. The minimum Gasteiger partial charge on any atom is -0.495 e. The van der Waals surface area contributed by atoms with E-state index in [4.69, 9.17) is 4.74 Å². The van der Waals surface area contributed by atoms with E-state index in [1.165, 1.54) is 17.5 Å². The van der Waals surface area contributed by atoms with Crippen LogP contribution in [0.15, 0.2) is 23.1 Å². The Morgan fingerprint density at radius 1 is 1.19 bits per heavy atom. The minimum absolute atomic E-state index is 0.0306. The van der Waals surface area contributed by atoms with E-state index in [0.717, 1.165) is 32.1 Å². The lowest BCUT2D eigenvalue weighted by molar-refractivity contribution is 0.0899. The van der Waals surface area contributed by atoms with Gasteiger partial charge in [0.25, 0.3) is 5.91 Å². The average Bonchev–Trinajstić information content (AvgIpc) is 3.21. The maximum absolute atomic E-state index is 13.4. The first-order chi connectivity index (χ1) is 14.6. The number of methoxy groups -OCH3 is 1. The van der Waals surface area contributed by atoms with Gasteiger partial charge in [0.05, 0.1) is 7.11 Å². The van der Waals surface area contributed by atoms with Crippen molar-refractivity contribution in [3.63, 3.8) is 0 Å². The maximum atomic E-state index is 13.4. The molecule has 0 bridgehead atoms. The zero-order chi connectivity index (χ0) is 22.8. The molecule has 1 aliphatic carbocycles. The van der Waals surface area contributed by atoms with Gasteiger partial charge in [-0.3, -0.25) is 4.79 Å². The molecule has 0 radical (unpaired) electrons. The van der Waals surface area contributed by atoms with Gasteiger partial charge in [0.1, 0.15) is 10.6 Å². The molecule has 31 heavy (non-hydrogen) atoms. The predicted molar refractivity (Wildman–Crippen MR) is 122 cm³/mol. The molecule has 0 spiro atoms. The number of piperidine rings is 1. The molecule has 1 amide bonds. The second kappa shape index (κ2) is 9.46. The Balaban J connectivity index is 1.84. The monoisotopic (exact) mass is 451 g/mol. The van der Waals surface area contributed by atoms with Gasteiger partial charge in [-0.2, -0.15) is 4.31 Å². The van der Waals surface area contributed by atoms with Gasteiger partial charge >= 0.3 is 0 Å². The number of carbonyl (C=O) groups excluding carboxylic acids is 1. The molecule has 2 fully saturated rings. The van der Waals surface area contributed by atoms with Gasteiger partial charge in [0, 0.05) is 30.7 Å². The number of amides is 1. The number of benzene rings is 1. The van der Waals surface area contributed by atoms with Crippen LogP contribution in [0.3, 0.4) is 0 Å². The molecule has 3 rings (SSSR count). The number of rotatable bonds is 7. The Labute approximate surface area is 187 Å². The molecule has 1 heterocycles. The molecule has 1 aromatic rings. The summed E-state index contributed by atoms with van der Waals surface area (Å²) in [5.41, 5.74) is 0.307. The van der Waals surface area contributed by atoms with Crippen LogP contribution >= 0.6 is 0 Å². The summed E-state index contributed by atoms with van der Waals surface area (Å²) in [4.78, 5) is 15.2. The minimum atomic E-state index is -3.76. The molecule has 1 saturated carbocycles. The topological polar surface area (TPSA) is 79.0 Å². The molecule has 7 nitrogen and oxygen atoms in total. The quantitative estimate of drug-likeness (QED) is 0.690. The highest BCUT2D eigenvalue weighted by atomic mass is 32.2. The highest BCUT2D eigenvalue weighted by Crippen LogP contribution is 2.34. The molecule has 1 aromatic carbocycles. The number of ether oxygens (including phenoxy) is 1. The lowest BCUT2D eigenvalue weighted by Gasteiger charge is -2.36.